The van der Waals surface area contributed by atoms with E-state index in [2.05, 4.69) is 10.3 Å². The minimum absolute atomic E-state index is 0.340. The highest BCUT2D eigenvalue weighted by molar-refractivity contribution is 7.21. The molecule has 192 valence electrons. The molecule has 0 aliphatic carbocycles. The van der Waals surface area contributed by atoms with Crippen molar-refractivity contribution in [3.63, 3.8) is 0 Å². The number of ether oxygens (including phenoxy) is 3. The molecule has 3 heterocycles. The lowest BCUT2D eigenvalue weighted by Gasteiger charge is -2.15. The van der Waals surface area contributed by atoms with Crippen molar-refractivity contribution in [1.82, 2.24) is 9.97 Å². The summed E-state index contributed by atoms with van der Waals surface area (Å²) in [5.74, 6) is 1.63. The molecule has 0 atom stereocenters. The van der Waals surface area contributed by atoms with Crippen molar-refractivity contribution in [3.8, 4) is 39.6 Å². The number of anilines is 2. The van der Waals surface area contributed by atoms with Gasteiger partial charge in [-0.2, -0.15) is 0 Å². The average Bonchev–Trinajstić information content (AvgIpc) is 3.29. The fourth-order valence-electron chi connectivity index (χ4n) is 4.29. The van der Waals surface area contributed by atoms with Gasteiger partial charge < -0.3 is 25.3 Å². The first-order chi connectivity index (χ1) is 18.4. The number of hydrogen-bond acceptors (Lipinski definition) is 8. The van der Waals surface area contributed by atoms with Gasteiger partial charge in [0.1, 0.15) is 15.5 Å². The van der Waals surface area contributed by atoms with E-state index in [4.69, 9.17) is 24.9 Å². The van der Waals surface area contributed by atoms with Crippen LogP contribution in [-0.4, -0.2) is 37.2 Å². The number of nitrogens with zero attached hydrogens (tertiary/aromatic N) is 2. The summed E-state index contributed by atoms with van der Waals surface area (Å²) < 4.78 is 16.7. The van der Waals surface area contributed by atoms with Crippen LogP contribution >= 0.6 is 11.3 Å². The van der Waals surface area contributed by atoms with Gasteiger partial charge in [0.15, 0.2) is 11.5 Å². The lowest BCUT2D eigenvalue weighted by atomic mass is 9.98. The Hall–Kier alpha value is -4.63. The number of pyridine rings is 2. The maximum absolute atomic E-state index is 13.3. The van der Waals surface area contributed by atoms with Crippen molar-refractivity contribution in [2.45, 2.75) is 6.92 Å². The monoisotopic (exact) mass is 526 g/mol. The van der Waals surface area contributed by atoms with Gasteiger partial charge in [-0.3, -0.25) is 4.79 Å². The second-order valence-electron chi connectivity index (χ2n) is 8.48. The minimum atomic E-state index is -0.343. The number of nitrogens with one attached hydrogen (secondary N) is 1. The number of carbonyl (C=O) groups is 1. The summed E-state index contributed by atoms with van der Waals surface area (Å²) in [5.41, 5.74) is 11.1. The second-order valence-corrected chi connectivity index (χ2v) is 9.48. The highest BCUT2D eigenvalue weighted by Crippen LogP contribution is 2.46. The summed E-state index contributed by atoms with van der Waals surface area (Å²) in [5, 5.41) is 3.55. The minimum Gasteiger partial charge on any atom is -0.493 e. The zero-order chi connectivity index (χ0) is 26.8. The quantitative estimate of drug-likeness (QED) is 0.260. The zero-order valence-electron chi connectivity index (χ0n) is 21.4. The first-order valence-electron chi connectivity index (χ1n) is 11.8. The van der Waals surface area contributed by atoms with Crippen molar-refractivity contribution >= 4 is 39.0 Å². The van der Waals surface area contributed by atoms with Crippen LogP contribution in [0, 0.1) is 6.92 Å². The third-order valence-electron chi connectivity index (χ3n) is 6.19. The van der Waals surface area contributed by atoms with Crippen LogP contribution in [0.5, 0.6) is 17.2 Å². The van der Waals surface area contributed by atoms with E-state index < -0.39 is 0 Å². The molecule has 0 aliphatic rings. The van der Waals surface area contributed by atoms with Gasteiger partial charge in [-0.15, -0.1) is 11.3 Å². The Bertz CT molecular complexity index is 1630. The van der Waals surface area contributed by atoms with Crippen LogP contribution < -0.4 is 25.3 Å². The molecule has 3 N–H and O–H groups in total. The van der Waals surface area contributed by atoms with Gasteiger partial charge in [-0.05, 0) is 47.9 Å². The third kappa shape index (κ3) is 4.48. The molecule has 38 heavy (non-hydrogen) atoms. The van der Waals surface area contributed by atoms with Gasteiger partial charge in [0.25, 0.3) is 5.91 Å². The van der Waals surface area contributed by atoms with Crippen LogP contribution in [0.4, 0.5) is 11.5 Å². The number of rotatable bonds is 7. The lowest BCUT2D eigenvalue weighted by molar-refractivity contribution is 0.103. The Labute approximate surface area is 224 Å². The molecule has 0 fully saturated rings. The molecular formula is C29H26N4O4S. The maximum atomic E-state index is 13.3. The van der Waals surface area contributed by atoms with Crippen LogP contribution in [0.2, 0.25) is 0 Å². The number of thiophene rings is 1. The fraction of sp³-hybridized carbons (Fsp3) is 0.138. The van der Waals surface area contributed by atoms with Crippen molar-refractivity contribution in [2.24, 2.45) is 0 Å². The van der Waals surface area contributed by atoms with Crippen LogP contribution in [0.15, 0.2) is 66.9 Å². The lowest BCUT2D eigenvalue weighted by Crippen LogP contribution is -2.13. The number of methoxy groups -OCH3 is 3. The molecule has 9 heteroatoms. The molecule has 5 rings (SSSR count). The predicted molar refractivity (Wildman–Crippen MR) is 151 cm³/mol. The van der Waals surface area contributed by atoms with Crippen LogP contribution in [0.1, 0.15) is 15.2 Å². The molecule has 0 unspecified atom stereocenters. The fourth-order valence-corrected chi connectivity index (χ4v) is 5.31. The Morgan fingerprint density at radius 2 is 1.63 bits per heavy atom. The SMILES string of the molecule is COc1cc(-c2cc(-c3ccccc3)nc3sc(C(=O)Nc4ncccc4C)c(N)c23)cc(OC)c1OC. The van der Waals surface area contributed by atoms with Crippen molar-refractivity contribution in [2.75, 3.05) is 32.4 Å². The highest BCUT2D eigenvalue weighted by Gasteiger charge is 2.24. The summed E-state index contributed by atoms with van der Waals surface area (Å²) in [4.78, 5) is 23.5. The highest BCUT2D eigenvalue weighted by atomic mass is 32.1. The largest absolute Gasteiger partial charge is 0.493 e. The van der Waals surface area contributed by atoms with Gasteiger partial charge >= 0.3 is 0 Å². The summed E-state index contributed by atoms with van der Waals surface area (Å²) in [6.45, 7) is 1.88. The number of aromatic nitrogens is 2. The maximum Gasteiger partial charge on any atom is 0.269 e. The summed E-state index contributed by atoms with van der Waals surface area (Å²) in [6, 6.07) is 19.2. The number of benzene rings is 2. The Kier molecular flexibility index (Phi) is 6.85. The van der Waals surface area contributed by atoms with Gasteiger partial charge in [0.05, 0.1) is 32.7 Å². The third-order valence-corrected chi connectivity index (χ3v) is 7.29. The van der Waals surface area contributed by atoms with Crippen LogP contribution in [0.3, 0.4) is 0 Å². The van der Waals surface area contributed by atoms with E-state index in [0.717, 1.165) is 27.9 Å². The molecule has 0 radical (unpaired) electrons. The first kappa shape index (κ1) is 25.0. The van der Waals surface area contributed by atoms with Gasteiger partial charge in [-0.1, -0.05) is 36.4 Å². The first-order valence-corrected chi connectivity index (χ1v) is 12.6. The number of hydrogen-bond donors (Lipinski definition) is 2. The van der Waals surface area contributed by atoms with E-state index in [-0.39, 0.29) is 5.91 Å². The topological polar surface area (TPSA) is 109 Å². The van der Waals surface area contributed by atoms with Crippen LogP contribution in [-0.2, 0) is 0 Å². The summed E-state index contributed by atoms with van der Waals surface area (Å²) in [7, 11) is 4.70. The number of fused-ring (bicyclic) bond motifs is 1. The number of nitrogens with two attached hydrogens (primary N) is 1. The molecule has 2 aromatic carbocycles. The molecule has 3 aromatic heterocycles. The predicted octanol–water partition coefficient (Wildman–Crippen LogP) is 6.19. The molecule has 1 amide bonds. The van der Waals surface area contributed by atoms with E-state index in [9.17, 15) is 4.79 Å². The van der Waals surface area contributed by atoms with Gasteiger partial charge in [-0.25, -0.2) is 9.97 Å². The molecule has 0 saturated heterocycles. The van der Waals surface area contributed by atoms with E-state index in [1.165, 1.54) is 11.3 Å². The van der Waals surface area contributed by atoms with Crippen molar-refractivity contribution in [1.29, 1.82) is 0 Å². The zero-order valence-corrected chi connectivity index (χ0v) is 22.2. The molecule has 0 aliphatic heterocycles. The smallest absolute Gasteiger partial charge is 0.269 e. The second kappa shape index (κ2) is 10.4. The van der Waals surface area contributed by atoms with Gasteiger partial charge in [0, 0.05) is 17.1 Å². The number of aryl methyl sites for hydroxylation is 1. The Balaban J connectivity index is 1.74. The summed E-state index contributed by atoms with van der Waals surface area (Å²) >= 11 is 1.24. The van der Waals surface area contributed by atoms with E-state index in [1.807, 2.05) is 67.6 Å². The molecule has 0 bridgehead atoms. The van der Waals surface area contributed by atoms with Crippen molar-refractivity contribution < 1.29 is 19.0 Å². The van der Waals surface area contributed by atoms with Crippen LogP contribution in [0.25, 0.3) is 32.6 Å². The number of nitrogen functional groups attached to an aromatic ring is 1. The molecule has 8 nitrogen and oxygen atoms in total. The summed E-state index contributed by atoms with van der Waals surface area (Å²) in [6.07, 6.45) is 1.63. The molecule has 0 spiro atoms. The molecule has 0 saturated carbocycles. The van der Waals surface area contributed by atoms with Gasteiger partial charge in [0.2, 0.25) is 5.75 Å². The normalized spacial score (nSPS) is 10.8. The average molecular weight is 527 g/mol. The molecule has 5 aromatic rings. The van der Waals surface area contributed by atoms with E-state index in [0.29, 0.717) is 43.8 Å². The van der Waals surface area contributed by atoms with Crippen molar-refractivity contribution in [3.05, 3.63) is 77.3 Å². The number of carbonyl (C=O) groups excluding carboxylic acids is 1. The molecular weight excluding hydrogens is 500 g/mol. The standard InChI is InChI=1S/C29H26N4O4S/c1-16-9-8-12-31-27(16)33-28(34)26-24(30)23-19(18-13-21(35-2)25(37-4)22(14-18)36-3)15-20(32-29(23)38-26)17-10-6-5-7-11-17/h5-15H,30H2,1-4H3,(H,31,33,34). The van der Waals surface area contributed by atoms with E-state index >= 15 is 0 Å². The Morgan fingerprint density at radius 3 is 2.26 bits per heavy atom. The number of amides is 1. The Morgan fingerprint density at radius 1 is 0.921 bits per heavy atom. The van der Waals surface area contributed by atoms with E-state index in [1.54, 1.807) is 27.5 Å².